The molecule has 428 valence electrons. The molecule has 0 N–H and O–H groups in total. The number of ether oxygens (including phenoxy) is 3. The van der Waals surface area contributed by atoms with Gasteiger partial charge < -0.3 is 14.2 Å². The molecule has 0 saturated heterocycles. The number of hydrogen-bond donors (Lipinski definition) is 0. The van der Waals surface area contributed by atoms with E-state index in [0.717, 1.165) is 103 Å². The topological polar surface area (TPSA) is 78.9 Å². The number of rotatable bonds is 58. The third-order valence-corrected chi connectivity index (χ3v) is 13.9. The Bertz CT molecular complexity index is 1370. The van der Waals surface area contributed by atoms with Crippen molar-refractivity contribution < 1.29 is 28.6 Å². The van der Waals surface area contributed by atoms with Gasteiger partial charge in [0.2, 0.25) is 0 Å². The molecule has 1 atom stereocenters. The van der Waals surface area contributed by atoms with Crippen molar-refractivity contribution in [2.75, 3.05) is 13.2 Å². The number of hydrogen-bond acceptors (Lipinski definition) is 6. The lowest BCUT2D eigenvalue weighted by atomic mass is 10.0. The number of unbranched alkanes of at least 4 members (excludes halogenated alkanes) is 35. The van der Waals surface area contributed by atoms with Gasteiger partial charge in [-0.3, -0.25) is 14.4 Å². The van der Waals surface area contributed by atoms with E-state index >= 15 is 0 Å². The lowest BCUT2D eigenvalue weighted by Gasteiger charge is -2.18. The summed E-state index contributed by atoms with van der Waals surface area (Å²) in [4.78, 5) is 38.3. The third-order valence-electron chi connectivity index (χ3n) is 13.9. The van der Waals surface area contributed by atoms with Crippen LogP contribution in [0.2, 0.25) is 0 Å². The van der Waals surface area contributed by atoms with Crippen LogP contribution in [0.15, 0.2) is 72.9 Å². The molecule has 1 unspecified atom stereocenters. The highest BCUT2D eigenvalue weighted by Gasteiger charge is 2.19. The van der Waals surface area contributed by atoms with E-state index in [2.05, 4.69) is 93.7 Å². The summed E-state index contributed by atoms with van der Waals surface area (Å²) in [7, 11) is 0. The second-order valence-electron chi connectivity index (χ2n) is 21.3. The van der Waals surface area contributed by atoms with Crippen molar-refractivity contribution in [3.05, 3.63) is 72.9 Å². The van der Waals surface area contributed by atoms with Gasteiger partial charge in [-0.1, -0.05) is 286 Å². The van der Waals surface area contributed by atoms with Gasteiger partial charge in [-0.25, -0.2) is 0 Å². The van der Waals surface area contributed by atoms with Gasteiger partial charge in [0.15, 0.2) is 6.10 Å². The molecular weight excluding hydrogens is 913 g/mol. The molecule has 0 radical (unpaired) electrons. The minimum absolute atomic E-state index is 0.0822. The smallest absolute Gasteiger partial charge is 0.306 e. The molecule has 0 aliphatic rings. The summed E-state index contributed by atoms with van der Waals surface area (Å²) < 4.78 is 16.9. The van der Waals surface area contributed by atoms with Crippen molar-refractivity contribution in [3.63, 3.8) is 0 Å². The zero-order chi connectivity index (χ0) is 53.6. The predicted octanol–water partition coefficient (Wildman–Crippen LogP) is 21.7. The second-order valence-corrected chi connectivity index (χ2v) is 21.3. The first kappa shape index (κ1) is 70.8. The van der Waals surface area contributed by atoms with Crippen LogP contribution in [0.5, 0.6) is 0 Å². The van der Waals surface area contributed by atoms with Crippen LogP contribution in [0.4, 0.5) is 0 Å². The van der Waals surface area contributed by atoms with Gasteiger partial charge in [0, 0.05) is 19.3 Å². The Morgan fingerprint density at radius 2 is 0.527 bits per heavy atom. The molecule has 0 bridgehead atoms. The molecule has 6 nitrogen and oxygen atoms in total. The molecular formula is C68H120O6. The monoisotopic (exact) mass is 1030 g/mol. The molecule has 0 heterocycles. The first-order valence-electron chi connectivity index (χ1n) is 31.9. The van der Waals surface area contributed by atoms with Crippen molar-refractivity contribution in [1.29, 1.82) is 0 Å². The maximum atomic E-state index is 12.9. The Balaban J connectivity index is 4.38. The number of carbonyl (C=O) groups is 3. The quantitative estimate of drug-likeness (QED) is 0.0261. The molecule has 0 amide bonds. The maximum absolute atomic E-state index is 12.9. The number of allylic oxidation sites excluding steroid dienone is 12. The normalized spacial score (nSPS) is 12.5. The van der Waals surface area contributed by atoms with Crippen molar-refractivity contribution >= 4 is 17.9 Å². The van der Waals surface area contributed by atoms with E-state index in [0.29, 0.717) is 19.3 Å². The molecule has 6 heteroatoms. The van der Waals surface area contributed by atoms with E-state index < -0.39 is 6.10 Å². The predicted molar refractivity (Wildman–Crippen MR) is 321 cm³/mol. The Labute approximate surface area is 459 Å². The number of esters is 3. The highest BCUT2D eigenvalue weighted by molar-refractivity contribution is 5.71. The average Bonchev–Trinajstić information content (AvgIpc) is 3.40. The third kappa shape index (κ3) is 59.7. The fraction of sp³-hybridized carbons (Fsp3) is 0.779. The Morgan fingerprint density at radius 1 is 0.284 bits per heavy atom. The molecule has 0 rings (SSSR count). The first-order valence-corrected chi connectivity index (χ1v) is 31.9. The standard InChI is InChI=1S/C68H120O6/c1-4-7-10-13-16-19-22-25-28-31-33-35-37-40-43-46-49-52-55-58-61-67(70)73-64-65(63-72-66(69)60-57-54-51-48-45-42-39-36-30-27-24-21-18-15-12-9-6-3)74-68(71)62-59-56-53-50-47-44-41-38-34-32-29-26-23-20-17-14-11-8-5-2/h9,12,17-18,20-21,26-27,29-30,39,42,65H,4-8,10-11,13-16,19,22-25,28,31-38,40-41,43-64H2,1-3H3/b12-9-,20-17-,21-18-,29-26-,30-27-,42-39-. The summed E-state index contributed by atoms with van der Waals surface area (Å²) >= 11 is 0. The minimum Gasteiger partial charge on any atom is -0.462 e. The van der Waals surface area contributed by atoms with E-state index in [1.807, 2.05) is 0 Å². The van der Waals surface area contributed by atoms with Crippen molar-refractivity contribution in [2.24, 2.45) is 0 Å². The molecule has 0 aromatic carbocycles. The van der Waals surface area contributed by atoms with Gasteiger partial charge in [0.1, 0.15) is 13.2 Å². The van der Waals surface area contributed by atoms with Crippen LogP contribution in [0.1, 0.15) is 323 Å². The summed E-state index contributed by atoms with van der Waals surface area (Å²) in [5.74, 6) is -0.895. The van der Waals surface area contributed by atoms with Crippen molar-refractivity contribution in [1.82, 2.24) is 0 Å². The molecule has 0 fully saturated rings. The summed E-state index contributed by atoms with van der Waals surface area (Å²) in [5, 5.41) is 0. The van der Waals surface area contributed by atoms with Crippen LogP contribution >= 0.6 is 0 Å². The SMILES string of the molecule is CC/C=C\C/C=C\C/C=C\C/C=C\CCCCCCC(=O)OCC(COC(=O)CCCCCCCCCCCCCCCCCCCCCC)OC(=O)CCCCCCCCCCC/C=C\C/C=C\CCCCC. The highest BCUT2D eigenvalue weighted by atomic mass is 16.6. The maximum Gasteiger partial charge on any atom is 0.306 e. The van der Waals surface area contributed by atoms with Crippen LogP contribution in [0.25, 0.3) is 0 Å². The fourth-order valence-corrected chi connectivity index (χ4v) is 9.17. The van der Waals surface area contributed by atoms with Gasteiger partial charge in [-0.05, 0) is 89.9 Å². The second kappa shape index (κ2) is 62.4. The lowest BCUT2D eigenvalue weighted by Crippen LogP contribution is -2.30. The number of carbonyl (C=O) groups excluding carboxylic acids is 3. The summed E-state index contributed by atoms with van der Waals surface area (Å²) in [6, 6.07) is 0. The summed E-state index contributed by atoms with van der Waals surface area (Å²) in [6.45, 7) is 6.52. The Morgan fingerprint density at radius 3 is 0.851 bits per heavy atom. The molecule has 0 aromatic heterocycles. The molecule has 0 saturated carbocycles. The van der Waals surface area contributed by atoms with Gasteiger partial charge in [0.25, 0.3) is 0 Å². The van der Waals surface area contributed by atoms with Crippen LogP contribution in [0.3, 0.4) is 0 Å². The fourth-order valence-electron chi connectivity index (χ4n) is 9.17. The largest absolute Gasteiger partial charge is 0.462 e. The molecule has 0 aromatic rings. The van der Waals surface area contributed by atoms with E-state index in [1.54, 1.807) is 0 Å². The molecule has 74 heavy (non-hydrogen) atoms. The van der Waals surface area contributed by atoms with Gasteiger partial charge in [0.05, 0.1) is 0 Å². The summed E-state index contributed by atoms with van der Waals surface area (Å²) in [5.41, 5.74) is 0. The van der Waals surface area contributed by atoms with Crippen molar-refractivity contribution in [3.8, 4) is 0 Å². The zero-order valence-electron chi connectivity index (χ0n) is 49.1. The van der Waals surface area contributed by atoms with Crippen LogP contribution in [-0.2, 0) is 28.6 Å². The Hall–Kier alpha value is -3.15. The molecule has 0 aliphatic carbocycles. The lowest BCUT2D eigenvalue weighted by molar-refractivity contribution is -0.167. The van der Waals surface area contributed by atoms with Gasteiger partial charge >= 0.3 is 17.9 Å². The van der Waals surface area contributed by atoms with Crippen LogP contribution in [-0.4, -0.2) is 37.2 Å². The van der Waals surface area contributed by atoms with Crippen LogP contribution < -0.4 is 0 Å². The molecule has 0 aliphatic heterocycles. The highest BCUT2D eigenvalue weighted by Crippen LogP contribution is 2.17. The van der Waals surface area contributed by atoms with E-state index in [-0.39, 0.29) is 31.1 Å². The zero-order valence-corrected chi connectivity index (χ0v) is 49.1. The van der Waals surface area contributed by atoms with Crippen molar-refractivity contribution in [2.45, 2.75) is 329 Å². The first-order chi connectivity index (χ1) is 36.5. The Kier molecular flexibility index (Phi) is 59.7. The van der Waals surface area contributed by atoms with E-state index in [9.17, 15) is 14.4 Å². The van der Waals surface area contributed by atoms with Crippen LogP contribution in [0, 0.1) is 0 Å². The van der Waals surface area contributed by atoms with Gasteiger partial charge in [-0.15, -0.1) is 0 Å². The average molecular weight is 1030 g/mol. The summed E-state index contributed by atoms with van der Waals surface area (Å²) in [6.07, 6.45) is 80.4. The van der Waals surface area contributed by atoms with Gasteiger partial charge in [-0.2, -0.15) is 0 Å². The van der Waals surface area contributed by atoms with E-state index in [4.69, 9.17) is 14.2 Å². The molecule has 0 spiro atoms. The van der Waals surface area contributed by atoms with E-state index in [1.165, 1.54) is 180 Å². The minimum atomic E-state index is -0.788.